The molecule has 0 aromatic heterocycles. The van der Waals surface area contributed by atoms with E-state index in [1.54, 1.807) is 24.3 Å². The number of rotatable bonds is 2. The standard InChI is InChI=1S/C12H12AsNO4/c1-8(15)14-12-7-6-11(13(16,17)18)9-4-2-3-5-10(9)12/h2-7H,1H3,(H,14,15)(H2,16,17,18). The number of hydrogen-bond acceptors (Lipinski definition) is 2. The summed E-state index contributed by atoms with van der Waals surface area (Å²) in [5.41, 5.74) is 0.547. The third-order valence-electron chi connectivity index (χ3n) is 2.53. The molecule has 0 saturated carbocycles. The number of hydrogen-bond donors (Lipinski definition) is 3. The van der Waals surface area contributed by atoms with Gasteiger partial charge in [0, 0.05) is 0 Å². The van der Waals surface area contributed by atoms with Crippen LogP contribution in [0.1, 0.15) is 6.92 Å². The van der Waals surface area contributed by atoms with Gasteiger partial charge in [-0.3, -0.25) is 0 Å². The predicted molar refractivity (Wildman–Crippen MR) is 68.8 cm³/mol. The number of amides is 1. The molecule has 0 unspecified atom stereocenters. The second kappa shape index (κ2) is 4.61. The molecule has 0 radical (unpaired) electrons. The van der Waals surface area contributed by atoms with Crippen LogP contribution in [0.2, 0.25) is 0 Å². The molecular formula is C12H12AsNO4. The molecule has 5 nitrogen and oxygen atoms in total. The third kappa shape index (κ3) is 2.48. The summed E-state index contributed by atoms with van der Waals surface area (Å²) in [6.45, 7) is 1.38. The van der Waals surface area contributed by atoms with Crippen LogP contribution in [0.4, 0.5) is 5.69 Å². The zero-order valence-corrected chi connectivity index (χ0v) is 11.5. The van der Waals surface area contributed by atoms with Gasteiger partial charge >= 0.3 is 106 Å². The van der Waals surface area contributed by atoms with Crippen LogP contribution < -0.4 is 9.67 Å². The third-order valence-corrected chi connectivity index (χ3v) is 4.66. The molecule has 1 amide bonds. The van der Waals surface area contributed by atoms with Crippen LogP contribution in [-0.2, 0) is 8.53 Å². The van der Waals surface area contributed by atoms with Crippen molar-refractivity contribution in [3.8, 4) is 0 Å². The van der Waals surface area contributed by atoms with E-state index in [-0.39, 0.29) is 10.3 Å². The van der Waals surface area contributed by atoms with Crippen molar-refractivity contribution in [1.82, 2.24) is 0 Å². The Balaban J connectivity index is 2.74. The van der Waals surface area contributed by atoms with Crippen molar-refractivity contribution in [3.05, 3.63) is 36.4 Å². The minimum absolute atomic E-state index is 0.0258. The first kappa shape index (κ1) is 12.9. The molecule has 0 saturated heterocycles. The van der Waals surface area contributed by atoms with Crippen molar-refractivity contribution in [2.75, 3.05) is 5.32 Å². The van der Waals surface area contributed by atoms with Gasteiger partial charge < -0.3 is 0 Å². The molecule has 0 bridgehead atoms. The summed E-state index contributed by atoms with van der Waals surface area (Å²) in [5.74, 6) is -0.227. The quantitative estimate of drug-likeness (QED) is 0.699. The molecule has 2 rings (SSSR count). The van der Waals surface area contributed by atoms with Crippen LogP contribution in [-0.4, -0.2) is 28.3 Å². The van der Waals surface area contributed by atoms with E-state index in [0.717, 1.165) is 0 Å². The molecule has 18 heavy (non-hydrogen) atoms. The van der Waals surface area contributed by atoms with Crippen LogP contribution in [0.15, 0.2) is 36.4 Å². The first-order valence-corrected chi connectivity index (χ1v) is 8.63. The summed E-state index contributed by atoms with van der Waals surface area (Å²) < 4.78 is 30.2. The topological polar surface area (TPSA) is 86.6 Å². The molecule has 94 valence electrons. The average Bonchev–Trinajstić information content (AvgIpc) is 2.27. The van der Waals surface area contributed by atoms with Crippen LogP contribution in [0, 0.1) is 0 Å². The van der Waals surface area contributed by atoms with Gasteiger partial charge in [0.1, 0.15) is 0 Å². The van der Waals surface area contributed by atoms with E-state index in [0.29, 0.717) is 16.5 Å². The summed E-state index contributed by atoms with van der Waals surface area (Å²) in [7, 11) is 0. The Bertz CT molecular complexity index is 662. The number of fused-ring (bicyclic) bond motifs is 1. The maximum absolute atomic E-state index is 11.4. The summed E-state index contributed by atoms with van der Waals surface area (Å²) in [4.78, 5) is 11.1. The Morgan fingerprint density at radius 1 is 1.11 bits per heavy atom. The van der Waals surface area contributed by atoms with Crippen molar-refractivity contribution in [3.63, 3.8) is 0 Å². The van der Waals surface area contributed by atoms with Gasteiger partial charge in [0.2, 0.25) is 0 Å². The van der Waals surface area contributed by atoms with Crippen LogP contribution in [0.3, 0.4) is 0 Å². The molecule has 0 spiro atoms. The van der Waals surface area contributed by atoms with Crippen molar-refractivity contribution in [2.24, 2.45) is 0 Å². The summed E-state index contributed by atoms with van der Waals surface area (Å²) >= 11 is -4.97. The SMILES string of the molecule is CC(=O)Nc1ccc([As](=O)(O)O)c2ccccc12. The van der Waals surface area contributed by atoms with E-state index in [4.69, 9.17) is 0 Å². The Kier molecular flexibility index (Phi) is 3.30. The zero-order chi connectivity index (χ0) is 13.3. The Morgan fingerprint density at radius 2 is 1.72 bits per heavy atom. The number of carbonyl (C=O) groups is 1. The molecule has 3 N–H and O–H groups in total. The average molecular weight is 309 g/mol. The van der Waals surface area contributed by atoms with E-state index < -0.39 is 14.2 Å². The van der Waals surface area contributed by atoms with Gasteiger partial charge in [0.05, 0.1) is 0 Å². The molecule has 0 aliphatic rings. The molecule has 0 atom stereocenters. The van der Waals surface area contributed by atoms with E-state index in [2.05, 4.69) is 5.32 Å². The second-order valence-electron chi connectivity index (χ2n) is 3.90. The molecule has 0 fully saturated rings. The van der Waals surface area contributed by atoms with Gasteiger partial charge in [0.25, 0.3) is 0 Å². The van der Waals surface area contributed by atoms with E-state index in [1.165, 1.54) is 19.1 Å². The van der Waals surface area contributed by atoms with Crippen LogP contribution >= 0.6 is 0 Å². The Labute approximate surface area is 106 Å². The van der Waals surface area contributed by atoms with Gasteiger partial charge in [-0.25, -0.2) is 0 Å². The minimum atomic E-state index is -4.97. The van der Waals surface area contributed by atoms with E-state index in [9.17, 15) is 16.7 Å². The fourth-order valence-electron chi connectivity index (χ4n) is 1.84. The van der Waals surface area contributed by atoms with E-state index in [1.807, 2.05) is 0 Å². The number of nitrogens with one attached hydrogen (secondary N) is 1. The normalized spacial score (nSPS) is 11.5. The van der Waals surface area contributed by atoms with Crippen molar-refractivity contribution in [1.29, 1.82) is 0 Å². The Morgan fingerprint density at radius 3 is 2.28 bits per heavy atom. The van der Waals surface area contributed by atoms with Crippen molar-refractivity contribution in [2.45, 2.75) is 6.92 Å². The molecular weight excluding hydrogens is 297 g/mol. The van der Waals surface area contributed by atoms with Crippen LogP contribution in [0.5, 0.6) is 0 Å². The monoisotopic (exact) mass is 309 g/mol. The van der Waals surface area contributed by atoms with Crippen molar-refractivity contribution < 1.29 is 16.7 Å². The fourth-order valence-corrected chi connectivity index (χ4v) is 3.47. The molecule has 2 aromatic carbocycles. The van der Waals surface area contributed by atoms with Gasteiger partial charge in [-0.2, -0.15) is 0 Å². The van der Waals surface area contributed by atoms with Gasteiger partial charge in [-0.05, 0) is 0 Å². The number of anilines is 1. The Hall–Kier alpha value is -1.55. The predicted octanol–water partition coefficient (Wildman–Crippen LogP) is 0.359. The molecule has 0 aliphatic heterocycles. The molecule has 6 heteroatoms. The molecule has 0 aliphatic carbocycles. The zero-order valence-electron chi connectivity index (χ0n) is 9.62. The first-order chi connectivity index (χ1) is 8.39. The van der Waals surface area contributed by atoms with Gasteiger partial charge in [0.15, 0.2) is 0 Å². The van der Waals surface area contributed by atoms with Crippen molar-refractivity contribution >= 4 is 40.9 Å². The number of benzene rings is 2. The fraction of sp³-hybridized carbons (Fsp3) is 0.0833. The molecule has 2 aromatic rings. The first-order valence-electron chi connectivity index (χ1n) is 5.25. The second-order valence-corrected chi connectivity index (χ2v) is 7.20. The summed E-state index contributed by atoms with van der Waals surface area (Å²) in [6, 6.07) is 9.69. The molecule has 0 heterocycles. The van der Waals surface area contributed by atoms with Gasteiger partial charge in [-0.1, -0.05) is 0 Å². The number of carbonyl (C=O) groups excluding carboxylic acids is 1. The summed E-state index contributed by atoms with van der Waals surface area (Å²) in [5, 5.41) is 3.73. The van der Waals surface area contributed by atoms with Gasteiger partial charge in [-0.15, -0.1) is 0 Å². The maximum atomic E-state index is 11.4. The van der Waals surface area contributed by atoms with Crippen LogP contribution in [0.25, 0.3) is 10.8 Å². The van der Waals surface area contributed by atoms with E-state index >= 15 is 0 Å². The summed E-state index contributed by atoms with van der Waals surface area (Å²) in [6.07, 6.45) is 0.